The van der Waals surface area contributed by atoms with Crippen molar-refractivity contribution in [1.82, 2.24) is 14.1 Å². The number of nitrogens with one attached hydrogen (secondary N) is 1. The van der Waals surface area contributed by atoms with Crippen LogP contribution in [0.2, 0.25) is 0 Å². The molecule has 1 amide bonds. The molecule has 0 unspecified atom stereocenters. The van der Waals surface area contributed by atoms with Crippen molar-refractivity contribution < 1.29 is 9.90 Å². The smallest absolute Gasteiger partial charge is 0.273 e. The highest BCUT2D eigenvalue weighted by Crippen LogP contribution is 2.29. The van der Waals surface area contributed by atoms with Crippen LogP contribution < -0.4 is 5.32 Å². The number of carbonyl (C=O) groups excluding carboxylic acids is 1. The predicted octanol–water partition coefficient (Wildman–Crippen LogP) is 2.44. The Labute approximate surface area is 115 Å². The van der Waals surface area contributed by atoms with Gasteiger partial charge < -0.3 is 10.4 Å². The fourth-order valence-corrected chi connectivity index (χ4v) is 2.21. The van der Waals surface area contributed by atoms with Crippen LogP contribution in [-0.2, 0) is 0 Å². The molecule has 19 heavy (non-hydrogen) atoms. The third-order valence-electron chi connectivity index (χ3n) is 2.68. The molecule has 5 nitrogen and oxygen atoms in total. The molecule has 0 aliphatic carbocycles. The summed E-state index contributed by atoms with van der Waals surface area (Å²) in [7, 11) is 0. The number of benzene rings is 1. The quantitative estimate of drug-likeness (QED) is 0.823. The van der Waals surface area contributed by atoms with Gasteiger partial charge in [-0.25, -0.2) is 0 Å². The number of hydrogen-bond acceptors (Lipinski definition) is 5. The molecule has 0 spiro atoms. The van der Waals surface area contributed by atoms with Crippen LogP contribution in [0.25, 0.3) is 11.3 Å². The van der Waals surface area contributed by atoms with Crippen LogP contribution in [0.3, 0.4) is 0 Å². The summed E-state index contributed by atoms with van der Waals surface area (Å²) in [5.74, 6) is -0.154. The lowest BCUT2D eigenvalue weighted by molar-refractivity contribution is 0.0950. The molecule has 0 bridgehead atoms. The van der Waals surface area contributed by atoms with E-state index in [-0.39, 0.29) is 17.4 Å². The minimum absolute atomic E-state index is 0.0952. The molecule has 6 heteroatoms. The van der Waals surface area contributed by atoms with Crippen LogP contribution in [0.1, 0.15) is 30.3 Å². The molecule has 0 saturated heterocycles. The normalized spacial score (nSPS) is 10.4. The van der Waals surface area contributed by atoms with Crippen LogP contribution in [-0.4, -0.2) is 26.3 Å². The van der Waals surface area contributed by atoms with E-state index < -0.39 is 0 Å². The van der Waals surface area contributed by atoms with Crippen LogP contribution in [0.4, 0.5) is 0 Å². The fourth-order valence-electron chi connectivity index (χ4n) is 1.65. The van der Waals surface area contributed by atoms with E-state index in [2.05, 4.69) is 21.0 Å². The highest BCUT2D eigenvalue weighted by molar-refractivity contribution is 6.99. The Morgan fingerprint density at radius 2 is 2.16 bits per heavy atom. The van der Waals surface area contributed by atoms with Gasteiger partial charge in [-0.2, -0.15) is 8.75 Å². The number of rotatable bonds is 5. The molecule has 0 atom stereocenters. The number of para-hydroxylation sites is 1. The van der Waals surface area contributed by atoms with Crippen LogP contribution in [0.5, 0.6) is 5.75 Å². The molecule has 0 aliphatic heterocycles. The first-order valence-electron chi connectivity index (χ1n) is 6.13. The van der Waals surface area contributed by atoms with Crippen molar-refractivity contribution in [2.45, 2.75) is 19.8 Å². The van der Waals surface area contributed by atoms with E-state index in [0.717, 1.165) is 24.6 Å². The average molecular weight is 277 g/mol. The fraction of sp³-hybridized carbons (Fsp3) is 0.308. The van der Waals surface area contributed by atoms with Gasteiger partial charge in [-0.3, -0.25) is 4.79 Å². The monoisotopic (exact) mass is 277 g/mol. The summed E-state index contributed by atoms with van der Waals surface area (Å²) in [5, 5.41) is 12.6. The van der Waals surface area contributed by atoms with Crippen molar-refractivity contribution in [3.05, 3.63) is 30.0 Å². The van der Waals surface area contributed by atoms with Gasteiger partial charge in [0.25, 0.3) is 5.91 Å². The summed E-state index contributed by atoms with van der Waals surface area (Å²) < 4.78 is 8.13. The number of unbranched alkanes of at least 4 members (excludes halogenated alkanes) is 1. The minimum Gasteiger partial charge on any atom is -0.507 e. The number of phenols is 1. The second-order valence-electron chi connectivity index (χ2n) is 4.09. The maximum Gasteiger partial charge on any atom is 0.273 e. The Morgan fingerprint density at radius 3 is 2.89 bits per heavy atom. The van der Waals surface area contributed by atoms with Gasteiger partial charge in [-0.1, -0.05) is 25.5 Å². The lowest BCUT2D eigenvalue weighted by Gasteiger charge is -2.04. The molecule has 1 heterocycles. The molecule has 0 fully saturated rings. The summed E-state index contributed by atoms with van der Waals surface area (Å²) in [5.41, 5.74) is 1.22. The van der Waals surface area contributed by atoms with Crippen molar-refractivity contribution in [3.8, 4) is 17.0 Å². The maximum atomic E-state index is 12.0. The van der Waals surface area contributed by atoms with Gasteiger partial charge in [0.15, 0.2) is 5.69 Å². The SMILES string of the molecule is CCCCNC(=O)c1nsnc1-c1ccccc1O. The number of aromatic nitrogens is 2. The number of amides is 1. The van der Waals surface area contributed by atoms with E-state index in [1.807, 2.05) is 0 Å². The molecular formula is C13H15N3O2S. The van der Waals surface area contributed by atoms with Gasteiger partial charge >= 0.3 is 0 Å². The highest BCUT2D eigenvalue weighted by Gasteiger charge is 2.19. The Morgan fingerprint density at radius 1 is 1.37 bits per heavy atom. The summed E-state index contributed by atoms with van der Waals surface area (Å²) in [6, 6.07) is 6.79. The van der Waals surface area contributed by atoms with E-state index in [0.29, 0.717) is 17.8 Å². The molecule has 0 saturated carbocycles. The zero-order chi connectivity index (χ0) is 13.7. The average Bonchev–Trinajstić information content (AvgIpc) is 2.88. The van der Waals surface area contributed by atoms with Gasteiger partial charge in [0.1, 0.15) is 11.4 Å². The summed E-state index contributed by atoms with van der Waals surface area (Å²) in [6.45, 7) is 2.68. The van der Waals surface area contributed by atoms with Crippen LogP contribution >= 0.6 is 11.7 Å². The van der Waals surface area contributed by atoms with E-state index >= 15 is 0 Å². The van der Waals surface area contributed by atoms with Crippen molar-refractivity contribution in [1.29, 1.82) is 0 Å². The predicted molar refractivity (Wildman–Crippen MR) is 74.3 cm³/mol. The minimum atomic E-state index is -0.250. The number of hydrogen-bond donors (Lipinski definition) is 2. The van der Waals surface area contributed by atoms with Gasteiger partial charge in [0.05, 0.1) is 11.7 Å². The van der Waals surface area contributed by atoms with E-state index in [1.54, 1.807) is 24.3 Å². The first-order chi connectivity index (χ1) is 9.24. The largest absolute Gasteiger partial charge is 0.507 e. The number of aromatic hydroxyl groups is 1. The zero-order valence-corrected chi connectivity index (χ0v) is 11.4. The second kappa shape index (κ2) is 6.29. The summed E-state index contributed by atoms with van der Waals surface area (Å²) in [4.78, 5) is 12.0. The third kappa shape index (κ3) is 3.08. The molecular weight excluding hydrogens is 262 g/mol. The Kier molecular flexibility index (Phi) is 4.46. The third-order valence-corrected chi connectivity index (χ3v) is 3.21. The first kappa shape index (κ1) is 13.5. The summed E-state index contributed by atoms with van der Waals surface area (Å²) >= 11 is 0.965. The number of phenolic OH excluding ortho intramolecular Hbond substituents is 1. The van der Waals surface area contributed by atoms with Gasteiger partial charge in [-0.05, 0) is 18.6 Å². The van der Waals surface area contributed by atoms with Crippen LogP contribution in [0, 0.1) is 0 Å². The van der Waals surface area contributed by atoms with Gasteiger partial charge in [0, 0.05) is 12.1 Å². The molecule has 2 N–H and O–H groups in total. The lowest BCUT2D eigenvalue weighted by atomic mass is 10.1. The molecule has 100 valence electrons. The van der Waals surface area contributed by atoms with Gasteiger partial charge in [0.2, 0.25) is 0 Å². The summed E-state index contributed by atoms with van der Waals surface area (Å²) in [6.07, 6.45) is 1.94. The van der Waals surface area contributed by atoms with Gasteiger partial charge in [-0.15, -0.1) is 0 Å². The van der Waals surface area contributed by atoms with E-state index in [9.17, 15) is 9.90 Å². The van der Waals surface area contributed by atoms with Crippen molar-refractivity contribution in [2.24, 2.45) is 0 Å². The number of nitrogens with zero attached hydrogens (tertiary/aromatic N) is 2. The standard InChI is InChI=1S/C13H15N3O2S/c1-2-3-8-14-13(18)12-11(15-19-16-12)9-6-4-5-7-10(9)17/h4-7,17H,2-3,8H2,1H3,(H,14,18). The second-order valence-corrected chi connectivity index (χ2v) is 4.62. The molecule has 2 rings (SSSR count). The Bertz CT molecular complexity index is 569. The highest BCUT2D eigenvalue weighted by atomic mass is 32.1. The first-order valence-corrected chi connectivity index (χ1v) is 6.86. The van der Waals surface area contributed by atoms with Crippen LogP contribution in [0.15, 0.2) is 24.3 Å². The maximum absolute atomic E-state index is 12.0. The Hall–Kier alpha value is -1.95. The van der Waals surface area contributed by atoms with Crippen molar-refractivity contribution >= 4 is 17.6 Å². The zero-order valence-electron chi connectivity index (χ0n) is 10.6. The lowest BCUT2D eigenvalue weighted by Crippen LogP contribution is -2.25. The van der Waals surface area contributed by atoms with E-state index in [1.165, 1.54) is 0 Å². The molecule has 1 aromatic heterocycles. The Balaban J connectivity index is 2.23. The molecule has 0 aliphatic rings. The van der Waals surface area contributed by atoms with Crippen molar-refractivity contribution in [2.75, 3.05) is 6.54 Å². The number of carbonyl (C=O) groups is 1. The molecule has 0 radical (unpaired) electrons. The van der Waals surface area contributed by atoms with Crippen molar-refractivity contribution in [3.63, 3.8) is 0 Å². The molecule has 1 aromatic carbocycles. The molecule has 2 aromatic rings. The van der Waals surface area contributed by atoms with E-state index in [4.69, 9.17) is 0 Å². The topological polar surface area (TPSA) is 75.1 Å².